The molecule has 3 heterocycles. The molecule has 1 unspecified atom stereocenters. The van der Waals surface area contributed by atoms with Crippen molar-refractivity contribution in [3.05, 3.63) is 52.7 Å². The van der Waals surface area contributed by atoms with E-state index in [4.69, 9.17) is 14.8 Å². The Morgan fingerprint density at radius 1 is 1.21 bits per heavy atom. The fourth-order valence-electron chi connectivity index (χ4n) is 4.54. The molecule has 1 saturated carbocycles. The number of rotatable bonds is 6. The molecule has 3 aromatic rings. The summed E-state index contributed by atoms with van der Waals surface area (Å²) in [4.78, 5) is 22.7. The van der Waals surface area contributed by atoms with Crippen LogP contribution in [-0.4, -0.2) is 51.4 Å². The van der Waals surface area contributed by atoms with Gasteiger partial charge in [0, 0.05) is 24.2 Å². The largest absolute Gasteiger partial charge is 0.497 e. The first kappa shape index (κ1) is 22.3. The molecule has 0 saturated heterocycles. The number of nitrogens with zero attached hydrogens (tertiary/aromatic N) is 4. The van der Waals surface area contributed by atoms with Gasteiger partial charge in [-0.15, -0.1) is 0 Å². The minimum absolute atomic E-state index is 0.223. The number of hydrogen-bond acceptors (Lipinski definition) is 6. The molecule has 2 aromatic heterocycles. The lowest BCUT2D eigenvalue weighted by Crippen LogP contribution is -2.31. The third kappa shape index (κ3) is 4.09. The first-order valence-electron chi connectivity index (χ1n) is 11.6. The Morgan fingerprint density at radius 3 is 2.59 bits per heavy atom. The van der Waals surface area contributed by atoms with Crippen molar-refractivity contribution in [2.45, 2.75) is 52.3 Å². The molecule has 5 rings (SSSR count). The molecule has 1 atom stereocenters. The number of carbonyl (C=O) groups is 1. The third-order valence-corrected chi connectivity index (χ3v) is 6.52. The van der Waals surface area contributed by atoms with E-state index >= 15 is 0 Å². The highest BCUT2D eigenvalue weighted by Gasteiger charge is 2.30. The van der Waals surface area contributed by atoms with Crippen LogP contribution in [-0.2, 0) is 0 Å². The predicted octanol–water partition coefficient (Wildman–Crippen LogP) is 3.98. The summed E-state index contributed by atoms with van der Waals surface area (Å²) in [6.45, 7) is 6.03. The molecule has 0 radical (unpaired) electrons. The van der Waals surface area contributed by atoms with E-state index in [0.29, 0.717) is 23.7 Å². The van der Waals surface area contributed by atoms with Crippen molar-refractivity contribution in [1.29, 1.82) is 0 Å². The van der Waals surface area contributed by atoms with E-state index in [1.54, 1.807) is 7.11 Å². The van der Waals surface area contributed by atoms with Crippen molar-refractivity contribution in [3.8, 4) is 17.0 Å². The molecule has 0 spiro atoms. The van der Waals surface area contributed by atoms with Gasteiger partial charge in [-0.2, -0.15) is 5.10 Å². The topological polar surface area (TPSA) is 102 Å². The van der Waals surface area contributed by atoms with Crippen molar-refractivity contribution in [1.82, 2.24) is 20.1 Å². The number of aliphatic hydroxyl groups excluding tert-OH is 1. The van der Waals surface area contributed by atoms with Crippen LogP contribution in [0.5, 0.6) is 5.75 Å². The Bertz CT molecular complexity index is 1330. The van der Waals surface area contributed by atoms with E-state index in [2.05, 4.69) is 10.3 Å². The fraction of sp³-hybridized carbons (Fsp3) is 0.385. The first-order chi connectivity index (χ1) is 16.4. The van der Waals surface area contributed by atoms with E-state index < -0.39 is 6.23 Å². The average Bonchev–Trinajstić information content (AvgIpc) is 3.61. The number of fused-ring (bicyclic) bond motifs is 1. The summed E-state index contributed by atoms with van der Waals surface area (Å²) < 4.78 is 7.24. The molecule has 8 nitrogen and oxygen atoms in total. The van der Waals surface area contributed by atoms with Crippen molar-refractivity contribution in [2.75, 3.05) is 13.7 Å². The Balaban J connectivity index is 1.53. The molecule has 1 amide bonds. The first-order valence-corrected chi connectivity index (χ1v) is 11.6. The number of ether oxygens (including phenoxy) is 1. The number of allylic oxidation sites excluding steroid dienone is 1. The number of aromatic nitrogens is 3. The van der Waals surface area contributed by atoms with E-state index in [1.807, 2.05) is 55.8 Å². The molecular formula is C26H29N5O3. The van der Waals surface area contributed by atoms with Gasteiger partial charge in [0.05, 0.1) is 35.5 Å². The summed E-state index contributed by atoms with van der Waals surface area (Å²) in [6.07, 6.45) is 1.92. The number of amides is 1. The molecule has 0 bridgehead atoms. The van der Waals surface area contributed by atoms with E-state index in [9.17, 15) is 9.90 Å². The van der Waals surface area contributed by atoms with Crippen LogP contribution in [0.1, 0.15) is 55.2 Å². The number of benzene rings is 1. The second-order valence-electron chi connectivity index (χ2n) is 9.15. The molecule has 2 N–H and O–H groups in total. The highest BCUT2D eigenvalue weighted by Crippen LogP contribution is 2.38. The molecular weight excluding hydrogens is 430 g/mol. The van der Waals surface area contributed by atoms with Gasteiger partial charge in [0.25, 0.3) is 5.91 Å². The van der Waals surface area contributed by atoms with Gasteiger partial charge >= 0.3 is 0 Å². The van der Waals surface area contributed by atoms with Crippen LogP contribution in [0.3, 0.4) is 0 Å². The number of methoxy groups -OCH3 is 1. The third-order valence-electron chi connectivity index (χ3n) is 6.52. The van der Waals surface area contributed by atoms with E-state index in [1.165, 1.54) is 0 Å². The Kier molecular flexibility index (Phi) is 5.69. The van der Waals surface area contributed by atoms with Crippen LogP contribution in [0.4, 0.5) is 0 Å². The van der Waals surface area contributed by atoms with Crippen LogP contribution in [0.25, 0.3) is 22.3 Å². The van der Waals surface area contributed by atoms with Crippen molar-refractivity contribution < 1.29 is 14.6 Å². The van der Waals surface area contributed by atoms with Gasteiger partial charge in [0.1, 0.15) is 5.75 Å². The predicted molar refractivity (Wildman–Crippen MR) is 131 cm³/mol. The summed E-state index contributed by atoms with van der Waals surface area (Å²) in [7, 11) is 1.63. The van der Waals surface area contributed by atoms with Gasteiger partial charge in [0.2, 0.25) is 0 Å². The van der Waals surface area contributed by atoms with Gasteiger partial charge < -0.3 is 15.2 Å². The highest BCUT2D eigenvalue weighted by atomic mass is 16.5. The maximum atomic E-state index is 13.5. The summed E-state index contributed by atoms with van der Waals surface area (Å²) in [6, 6.07) is 9.79. The van der Waals surface area contributed by atoms with Crippen LogP contribution >= 0.6 is 0 Å². The maximum Gasteiger partial charge on any atom is 0.252 e. The lowest BCUT2D eigenvalue weighted by Gasteiger charge is -2.21. The maximum absolute atomic E-state index is 13.5. The van der Waals surface area contributed by atoms with Crippen molar-refractivity contribution in [2.24, 2.45) is 4.99 Å². The lowest BCUT2D eigenvalue weighted by atomic mass is 9.99. The van der Waals surface area contributed by atoms with Crippen LogP contribution in [0, 0.1) is 6.92 Å². The number of hydrogen-bond donors (Lipinski definition) is 2. The van der Waals surface area contributed by atoms with Gasteiger partial charge in [-0.05, 0) is 69.5 Å². The van der Waals surface area contributed by atoms with Crippen molar-refractivity contribution >= 4 is 22.7 Å². The number of aliphatic hydroxyl groups is 1. The number of dihydropyridines is 1. The Morgan fingerprint density at radius 2 is 1.94 bits per heavy atom. The normalized spacial score (nSPS) is 18.3. The number of aliphatic imine (C=N–C) groups is 1. The summed E-state index contributed by atoms with van der Waals surface area (Å²) >= 11 is 0. The Hall–Kier alpha value is -3.52. The standard InChI is InChI=1S/C26H29N5O3/c1-14-11-15(2)28-26(33)21(14)13-27-25(32)20-12-22(17-5-9-19(34-4)10-6-17)29-24-23(20)16(3)30-31(24)18-7-8-18/h5-6,9-10,12,18,26,33H,7-8,11,13H2,1-4H3,(H,27,32). The van der Waals surface area contributed by atoms with Crippen molar-refractivity contribution in [3.63, 3.8) is 0 Å². The molecule has 34 heavy (non-hydrogen) atoms. The monoisotopic (exact) mass is 459 g/mol. The molecule has 1 aliphatic carbocycles. The second-order valence-corrected chi connectivity index (χ2v) is 9.15. The molecule has 1 aromatic carbocycles. The minimum atomic E-state index is -0.916. The number of carbonyl (C=O) groups excluding carboxylic acids is 1. The fourth-order valence-corrected chi connectivity index (χ4v) is 4.54. The highest BCUT2D eigenvalue weighted by molar-refractivity contribution is 6.07. The van der Waals surface area contributed by atoms with Gasteiger partial charge in [-0.1, -0.05) is 5.57 Å². The molecule has 1 aliphatic heterocycles. The average molecular weight is 460 g/mol. The number of nitrogens with one attached hydrogen (secondary N) is 1. The van der Waals surface area contributed by atoms with Crippen LogP contribution in [0.15, 0.2) is 46.5 Å². The molecule has 1 fully saturated rings. The summed E-state index contributed by atoms with van der Waals surface area (Å²) in [5.41, 5.74) is 6.31. The number of pyridine rings is 1. The van der Waals surface area contributed by atoms with Gasteiger partial charge in [0.15, 0.2) is 11.9 Å². The van der Waals surface area contributed by atoms with Crippen LogP contribution in [0.2, 0.25) is 0 Å². The van der Waals surface area contributed by atoms with E-state index in [-0.39, 0.29) is 12.5 Å². The van der Waals surface area contributed by atoms with Gasteiger partial charge in [-0.3, -0.25) is 9.79 Å². The zero-order chi connectivity index (χ0) is 24.0. The lowest BCUT2D eigenvalue weighted by molar-refractivity contribution is 0.0955. The second kappa shape index (κ2) is 8.68. The SMILES string of the molecule is COc1ccc(-c2cc(C(=O)NCC3=C(C)CC(C)=NC3O)c3c(C)nn(C4CC4)c3n2)cc1. The van der Waals surface area contributed by atoms with E-state index in [0.717, 1.165) is 57.7 Å². The zero-order valence-corrected chi connectivity index (χ0v) is 19.9. The minimum Gasteiger partial charge on any atom is -0.497 e. The molecule has 2 aliphatic rings. The quantitative estimate of drug-likeness (QED) is 0.543. The molecule has 8 heteroatoms. The molecule has 176 valence electrons. The summed E-state index contributed by atoms with van der Waals surface area (Å²) in [5.74, 6) is 0.536. The Labute approximate surface area is 198 Å². The zero-order valence-electron chi connectivity index (χ0n) is 19.9. The smallest absolute Gasteiger partial charge is 0.252 e. The van der Waals surface area contributed by atoms with Crippen LogP contribution < -0.4 is 10.1 Å². The summed E-state index contributed by atoms with van der Waals surface area (Å²) in [5, 5.41) is 18.9. The van der Waals surface area contributed by atoms with Gasteiger partial charge in [-0.25, -0.2) is 9.67 Å². The number of aryl methyl sites for hydroxylation is 1.